The van der Waals surface area contributed by atoms with Crippen molar-refractivity contribution >= 4 is 23.5 Å². The van der Waals surface area contributed by atoms with Gasteiger partial charge in [0.15, 0.2) is 6.10 Å². The Labute approximate surface area is 114 Å². The van der Waals surface area contributed by atoms with Crippen LogP contribution in [0, 0.1) is 0 Å². The van der Waals surface area contributed by atoms with Crippen molar-refractivity contribution in [3.63, 3.8) is 0 Å². The van der Waals surface area contributed by atoms with E-state index in [1.54, 1.807) is 24.3 Å². The number of amides is 1. The number of aliphatic hydroxyl groups excluding tert-OH is 1. The molecule has 1 aromatic rings. The quantitative estimate of drug-likeness (QED) is 0.715. The molecule has 1 rings (SSSR count). The Balaban J connectivity index is 2.57. The number of benzene rings is 1. The Hall–Kier alpha value is -1.79. The van der Waals surface area contributed by atoms with Crippen LogP contribution in [0.5, 0.6) is 5.75 Å². The van der Waals surface area contributed by atoms with Gasteiger partial charge in [0.05, 0.1) is 6.61 Å². The molecule has 0 radical (unpaired) electrons. The molecule has 0 aliphatic heterocycles. The number of aliphatic carboxylic acids is 1. The normalized spacial score (nSPS) is 13.4. The van der Waals surface area contributed by atoms with E-state index in [2.05, 4.69) is 5.32 Å². The molecule has 0 aliphatic rings. The number of carboxylic acid groups (broad SMARTS) is 1. The molecule has 0 spiro atoms. The summed E-state index contributed by atoms with van der Waals surface area (Å²) in [4.78, 5) is 22.3. The molecule has 7 heteroatoms. The monoisotopic (exact) mass is 287 g/mol. The van der Waals surface area contributed by atoms with Crippen LogP contribution in [0.3, 0.4) is 0 Å². The van der Waals surface area contributed by atoms with Gasteiger partial charge in [-0.2, -0.15) is 0 Å². The SMILES string of the molecule is CC(Oc1ccc(Cl)cc1)C(=O)NC(CO)C(=O)O. The van der Waals surface area contributed by atoms with E-state index in [9.17, 15) is 9.59 Å². The van der Waals surface area contributed by atoms with Crippen molar-refractivity contribution in [2.45, 2.75) is 19.1 Å². The number of carbonyl (C=O) groups excluding carboxylic acids is 1. The highest BCUT2D eigenvalue weighted by atomic mass is 35.5. The van der Waals surface area contributed by atoms with Gasteiger partial charge in [0, 0.05) is 5.02 Å². The van der Waals surface area contributed by atoms with E-state index in [1.165, 1.54) is 6.92 Å². The van der Waals surface area contributed by atoms with Gasteiger partial charge in [-0.3, -0.25) is 4.79 Å². The maximum Gasteiger partial charge on any atom is 0.328 e. The van der Waals surface area contributed by atoms with Crippen molar-refractivity contribution < 1.29 is 24.5 Å². The van der Waals surface area contributed by atoms with Crippen LogP contribution in [0.4, 0.5) is 0 Å². The Morgan fingerprint density at radius 3 is 2.42 bits per heavy atom. The fourth-order valence-corrected chi connectivity index (χ4v) is 1.37. The summed E-state index contributed by atoms with van der Waals surface area (Å²) >= 11 is 5.71. The topological polar surface area (TPSA) is 95.9 Å². The molecule has 3 N–H and O–H groups in total. The second-order valence-corrected chi connectivity index (χ2v) is 4.23. The number of hydrogen-bond donors (Lipinski definition) is 3. The summed E-state index contributed by atoms with van der Waals surface area (Å²) in [7, 11) is 0. The Morgan fingerprint density at radius 2 is 1.95 bits per heavy atom. The van der Waals surface area contributed by atoms with Gasteiger partial charge in [0.1, 0.15) is 11.8 Å². The number of rotatable bonds is 6. The van der Waals surface area contributed by atoms with Gasteiger partial charge in [-0.05, 0) is 31.2 Å². The molecule has 1 aromatic carbocycles. The van der Waals surface area contributed by atoms with Gasteiger partial charge < -0.3 is 20.3 Å². The highest BCUT2D eigenvalue weighted by Gasteiger charge is 2.23. The van der Waals surface area contributed by atoms with Gasteiger partial charge in [-0.25, -0.2) is 4.79 Å². The average molecular weight is 288 g/mol. The van der Waals surface area contributed by atoms with Crippen LogP contribution in [0.25, 0.3) is 0 Å². The van der Waals surface area contributed by atoms with Crippen LogP contribution in [0.2, 0.25) is 5.02 Å². The van der Waals surface area contributed by atoms with Crippen LogP contribution in [0.1, 0.15) is 6.92 Å². The lowest BCUT2D eigenvalue weighted by atomic mass is 10.2. The standard InChI is InChI=1S/C12H14ClNO5/c1-7(11(16)14-10(6-15)12(17)18)19-9-4-2-8(13)3-5-9/h2-5,7,10,15H,6H2,1H3,(H,14,16)(H,17,18). The predicted molar refractivity (Wildman–Crippen MR) is 68.2 cm³/mol. The third-order valence-corrected chi connectivity index (χ3v) is 2.54. The van der Waals surface area contributed by atoms with Crippen molar-refractivity contribution in [2.75, 3.05) is 6.61 Å². The van der Waals surface area contributed by atoms with Crippen LogP contribution < -0.4 is 10.1 Å². The van der Waals surface area contributed by atoms with Crippen LogP contribution >= 0.6 is 11.6 Å². The Morgan fingerprint density at radius 1 is 1.37 bits per heavy atom. The number of ether oxygens (including phenoxy) is 1. The summed E-state index contributed by atoms with van der Waals surface area (Å²) < 4.78 is 5.31. The van der Waals surface area contributed by atoms with E-state index in [0.29, 0.717) is 10.8 Å². The van der Waals surface area contributed by atoms with Crippen molar-refractivity contribution in [1.82, 2.24) is 5.32 Å². The third-order valence-electron chi connectivity index (χ3n) is 2.29. The number of aliphatic hydroxyl groups is 1. The van der Waals surface area contributed by atoms with Gasteiger partial charge >= 0.3 is 5.97 Å². The van der Waals surface area contributed by atoms with Gasteiger partial charge in [-0.1, -0.05) is 11.6 Å². The molecule has 2 unspecified atom stereocenters. The average Bonchev–Trinajstić information content (AvgIpc) is 2.37. The molecule has 0 aliphatic carbocycles. The first-order chi connectivity index (χ1) is 8.93. The van der Waals surface area contributed by atoms with E-state index in [0.717, 1.165) is 0 Å². The van der Waals surface area contributed by atoms with Crippen molar-refractivity contribution in [3.8, 4) is 5.75 Å². The Bertz CT molecular complexity index is 448. The third kappa shape index (κ3) is 4.76. The lowest BCUT2D eigenvalue weighted by molar-refractivity contribution is -0.144. The zero-order valence-electron chi connectivity index (χ0n) is 10.2. The molecule has 0 fully saturated rings. The van der Waals surface area contributed by atoms with Gasteiger partial charge in [-0.15, -0.1) is 0 Å². The lowest BCUT2D eigenvalue weighted by Gasteiger charge is -2.17. The highest BCUT2D eigenvalue weighted by Crippen LogP contribution is 2.16. The predicted octanol–water partition coefficient (Wildman–Crippen LogP) is 0.669. The van der Waals surface area contributed by atoms with Crippen molar-refractivity contribution in [3.05, 3.63) is 29.3 Å². The lowest BCUT2D eigenvalue weighted by Crippen LogP contribution is -2.48. The maximum atomic E-state index is 11.7. The number of hydrogen-bond acceptors (Lipinski definition) is 4. The van der Waals surface area contributed by atoms with Crippen LogP contribution in [-0.2, 0) is 9.59 Å². The summed E-state index contributed by atoms with van der Waals surface area (Å²) in [5, 5.41) is 20.2. The molecule has 0 heterocycles. The minimum Gasteiger partial charge on any atom is -0.481 e. The number of carboxylic acids is 1. The summed E-state index contributed by atoms with van der Waals surface area (Å²) in [6.45, 7) is 0.787. The maximum absolute atomic E-state index is 11.7. The van der Waals surface area contributed by atoms with E-state index >= 15 is 0 Å². The zero-order valence-corrected chi connectivity index (χ0v) is 10.9. The van der Waals surface area contributed by atoms with E-state index < -0.39 is 30.6 Å². The van der Waals surface area contributed by atoms with Crippen molar-refractivity contribution in [2.24, 2.45) is 0 Å². The molecule has 0 aromatic heterocycles. The second kappa shape index (κ2) is 6.96. The highest BCUT2D eigenvalue weighted by molar-refractivity contribution is 6.30. The molecular weight excluding hydrogens is 274 g/mol. The minimum absolute atomic E-state index is 0.433. The smallest absolute Gasteiger partial charge is 0.328 e. The minimum atomic E-state index is -1.34. The Kier molecular flexibility index (Phi) is 5.59. The summed E-state index contributed by atoms with van der Waals surface area (Å²) in [5.74, 6) is -1.51. The molecule has 1 amide bonds. The van der Waals surface area contributed by atoms with Crippen molar-refractivity contribution in [1.29, 1.82) is 0 Å². The summed E-state index contributed by atoms with van der Waals surface area (Å²) in [6, 6.07) is 5.05. The van der Waals surface area contributed by atoms with E-state index in [1.807, 2.05) is 0 Å². The molecule has 0 saturated heterocycles. The largest absolute Gasteiger partial charge is 0.481 e. The van der Waals surface area contributed by atoms with Gasteiger partial charge in [0.2, 0.25) is 0 Å². The van der Waals surface area contributed by atoms with Crippen LogP contribution in [0.15, 0.2) is 24.3 Å². The fourth-order valence-electron chi connectivity index (χ4n) is 1.25. The fraction of sp³-hybridized carbons (Fsp3) is 0.333. The number of carbonyl (C=O) groups is 2. The molecule has 19 heavy (non-hydrogen) atoms. The second-order valence-electron chi connectivity index (χ2n) is 3.80. The zero-order chi connectivity index (χ0) is 14.4. The summed E-state index contributed by atoms with van der Waals surface area (Å²) in [6.07, 6.45) is -0.894. The number of nitrogens with one attached hydrogen (secondary N) is 1. The van der Waals surface area contributed by atoms with E-state index in [4.69, 9.17) is 26.6 Å². The first-order valence-corrected chi connectivity index (χ1v) is 5.88. The molecule has 0 bridgehead atoms. The molecule has 2 atom stereocenters. The van der Waals surface area contributed by atoms with Gasteiger partial charge in [0.25, 0.3) is 5.91 Å². The molecular formula is C12H14ClNO5. The first kappa shape index (κ1) is 15.3. The molecule has 0 saturated carbocycles. The molecule has 104 valence electrons. The molecule has 6 nitrogen and oxygen atoms in total. The van der Waals surface area contributed by atoms with E-state index in [-0.39, 0.29) is 0 Å². The van der Waals surface area contributed by atoms with Crippen LogP contribution in [-0.4, -0.2) is 40.8 Å². The first-order valence-electron chi connectivity index (χ1n) is 5.50. The number of halogens is 1. The summed E-state index contributed by atoms with van der Waals surface area (Å²) in [5.41, 5.74) is 0.